The number of morpholine rings is 1. The van der Waals surface area contributed by atoms with Gasteiger partial charge < -0.3 is 14.6 Å². The van der Waals surface area contributed by atoms with Crippen LogP contribution in [0.25, 0.3) is 32.6 Å². The van der Waals surface area contributed by atoms with Gasteiger partial charge in [0.05, 0.1) is 35.9 Å². The van der Waals surface area contributed by atoms with Gasteiger partial charge in [-0.2, -0.15) is 4.31 Å². The third kappa shape index (κ3) is 4.71. The normalized spacial score (nSPS) is 18.4. The molecule has 0 atom stereocenters. The van der Waals surface area contributed by atoms with E-state index in [-0.39, 0.29) is 0 Å². The molecule has 1 N–H and O–H groups in total. The molecule has 3 aromatic heterocycles. The van der Waals surface area contributed by atoms with Crippen LogP contribution in [-0.2, 0) is 21.3 Å². The first-order chi connectivity index (χ1) is 17.3. The number of thiophene rings is 1. The molecule has 0 aliphatic carbocycles. The highest BCUT2D eigenvalue weighted by Gasteiger charge is 2.25. The first kappa shape index (κ1) is 23.7. The molecule has 6 rings (SSSR count). The molecule has 5 heterocycles. The van der Waals surface area contributed by atoms with Gasteiger partial charge in [0.25, 0.3) is 0 Å². The fraction of sp³-hybridized carbons (Fsp3) is 0.458. The van der Waals surface area contributed by atoms with Crippen molar-refractivity contribution < 1.29 is 13.2 Å². The van der Waals surface area contributed by atoms with Gasteiger partial charge in [0.2, 0.25) is 10.0 Å². The summed E-state index contributed by atoms with van der Waals surface area (Å²) in [6.45, 7) is 8.18. The maximum atomic E-state index is 11.9. The van der Waals surface area contributed by atoms with Gasteiger partial charge in [-0.1, -0.05) is 0 Å². The van der Waals surface area contributed by atoms with E-state index < -0.39 is 10.0 Å². The lowest BCUT2D eigenvalue weighted by atomic mass is 10.2. The lowest BCUT2D eigenvalue weighted by Crippen LogP contribution is -2.47. The summed E-state index contributed by atoms with van der Waals surface area (Å²) < 4.78 is 30.9. The summed E-state index contributed by atoms with van der Waals surface area (Å²) in [5, 5.41) is 1.06. The summed E-state index contributed by atoms with van der Waals surface area (Å²) in [6.07, 6.45) is 1.28. The number of imidazole rings is 1. The lowest BCUT2D eigenvalue weighted by molar-refractivity contribution is 0.122. The van der Waals surface area contributed by atoms with Gasteiger partial charge in [-0.25, -0.2) is 23.4 Å². The van der Waals surface area contributed by atoms with Crippen LogP contribution >= 0.6 is 11.3 Å². The standard InChI is InChI=1S/C24H29N7O3S2/c1-16-25-20-4-3-17(13-21(20)26-16)22-27-23(30-9-11-34-12-10-30)19-14-18(35-24(19)28-22)15-29-5-7-31(8-6-29)36(2,32)33/h3-4,13-14H,5-12,15H2,1-2H3,(H,25,26). The number of rotatable bonds is 5. The molecule has 0 unspecified atom stereocenters. The highest BCUT2D eigenvalue weighted by atomic mass is 32.2. The quantitative estimate of drug-likeness (QED) is 0.422. The number of aromatic amines is 1. The van der Waals surface area contributed by atoms with E-state index in [0.29, 0.717) is 32.1 Å². The van der Waals surface area contributed by atoms with Crippen LogP contribution in [0.15, 0.2) is 24.3 Å². The zero-order valence-corrected chi connectivity index (χ0v) is 22.0. The Kier molecular flexibility index (Phi) is 6.16. The first-order valence-corrected chi connectivity index (χ1v) is 14.8. The number of anilines is 1. The number of benzene rings is 1. The molecule has 36 heavy (non-hydrogen) atoms. The second-order valence-electron chi connectivity index (χ2n) is 9.39. The summed E-state index contributed by atoms with van der Waals surface area (Å²) in [6, 6.07) is 8.31. The number of H-pyrrole nitrogens is 1. The molecule has 10 nitrogen and oxygen atoms in total. The SMILES string of the molecule is Cc1nc2ccc(-c3nc(N4CCOCC4)c4cc(CN5CCN(S(C)(=O)=O)CC5)sc4n3)cc2[nH]1. The van der Waals surface area contributed by atoms with Crippen LogP contribution in [-0.4, -0.2) is 96.3 Å². The molecule has 0 saturated carbocycles. The third-order valence-corrected chi connectivity index (χ3v) is 9.09. The van der Waals surface area contributed by atoms with Gasteiger partial charge in [-0.3, -0.25) is 4.90 Å². The minimum absolute atomic E-state index is 0.530. The molecule has 190 valence electrons. The van der Waals surface area contributed by atoms with Gasteiger partial charge in [-0.15, -0.1) is 11.3 Å². The number of hydrogen-bond donors (Lipinski definition) is 1. The molecule has 0 spiro atoms. The number of aromatic nitrogens is 4. The van der Waals surface area contributed by atoms with Crippen molar-refractivity contribution in [3.8, 4) is 11.4 Å². The fourth-order valence-corrected chi connectivity index (χ4v) is 6.79. The van der Waals surface area contributed by atoms with E-state index in [1.807, 2.05) is 19.1 Å². The predicted octanol–water partition coefficient (Wildman–Crippen LogP) is 2.46. The van der Waals surface area contributed by atoms with E-state index in [1.165, 1.54) is 11.1 Å². The number of aryl methyl sites for hydroxylation is 1. The maximum Gasteiger partial charge on any atom is 0.211 e. The maximum absolute atomic E-state index is 11.9. The van der Waals surface area contributed by atoms with Crippen molar-refractivity contribution in [2.24, 2.45) is 0 Å². The average molecular weight is 528 g/mol. The number of nitrogens with one attached hydrogen (secondary N) is 1. The minimum atomic E-state index is -3.14. The van der Waals surface area contributed by atoms with E-state index >= 15 is 0 Å². The van der Waals surface area contributed by atoms with Crippen molar-refractivity contribution in [1.82, 2.24) is 29.1 Å². The third-order valence-electron chi connectivity index (χ3n) is 6.77. The molecular weight excluding hydrogens is 498 g/mol. The van der Waals surface area contributed by atoms with E-state index in [9.17, 15) is 8.42 Å². The smallest absolute Gasteiger partial charge is 0.211 e. The van der Waals surface area contributed by atoms with Gasteiger partial charge >= 0.3 is 0 Å². The Morgan fingerprint density at radius 1 is 1.03 bits per heavy atom. The van der Waals surface area contributed by atoms with E-state index in [1.54, 1.807) is 15.6 Å². The van der Waals surface area contributed by atoms with Crippen molar-refractivity contribution in [1.29, 1.82) is 0 Å². The molecule has 12 heteroatoms. The van der Waals surface area contributed by atoms with Crippen LogP contribution in [0.3, 0.4) is 0 Å². The zero-order chi connectivity index (χ0) is 24.9. The van der Waals surface area contributed by atoms with E-state index in [0.717, 1.165) is 71.2 Å². The number of nitrogens with zero attached hydrogens (tertiary/aromatic N) is 6. The second kappa shape index (κ2) is 9.34. The number of piperazine rings is 1. The molecule has 0 radical (unpaired) electrons. The Hall–Kier alpha value is -2.64. The zero-order valence-electron chi connectivity index (χ0n) is 20.4. The van der Waals surface area contributed by atoms with Gasteiger partial charge in [0, 0.05) is 56.3 Å². The summed E-state index contributed by atoms with van der Waals surface area (Å²) in [5.74, 6) is 2.53. The summed E-state index contributed by atoms with van der Waals surface area (Å²) >= 11 is 1.69. The van der Waals surface area contributed by atoms with Crippen molar-refractivity contribution in [3.05, 3.63) is 35.0 Å². The summed E-state index contributed by atoms with van der Waals surface area (Å²) in [4.78, 5) is 24.6. The Morgan fingerprint density at radius 3 is 2.56 bits per heavy atom. The number of ether oxygens (including phenoxy) is 1. The van der Waals surface area contributed by atoms with E-state index in [4.69, 9.17) is 14.7 Å². The lowest BCUT2D eigenvalue weighted by Gasteiger charge is -2.32. The number of hydrogen-bond acceptors (Lipinski definition) is 9. The van der Waals surface area contributed by atoms with Gasteiger partial charge in [0.15, 0.2) is 5.82 Å². The minimum Gasteiger partial charge on any atom is -0.378 e. The Labute approximate surface area is 214 Å². The molecule has 0 amide bonds. The Morgan fingerprint density at radius 2 is 1.81 bits per heavy atom. The molecule has 2 saturated heterocycles. The van der Waals surface area contributed by atoms with E-state index in [2.05, 4.69) is 31.9 Å². The predicted molar refractivity (Wildman–Crippen MR) is 142 cm³/mol. The molecule has 4 aromatic rings. The summed E-state index contributed by atoms with van der Waals surface area (Å²) in [5.41, 5.74) is 2.86. The van der Waals surface area contributed by atoms with Crippen LogP contribution in [0.4, 0.5) is 5.82 Å². The van der Waals surface area contributed by atoms with Crippen LogP contribution in [0, 0.1) is 6.92 Å². The number of fused-ring (bicyclic) bond motifs is 2. The second-order valence-corrected chi connectivity index (χ2v) is 12.5. The molecule has 2 aliphatic rings. The van der Waals surface area contributed by atoms with Crippen LogP contribution in [0.5, 0.6) is 0 Å². The van der Waals surface area contributed by atoms with Crippen molar-refractivity contribution in [2.45, 2.75) is 13.5 Å². The van der Waals surface area contributed by atoms with Crippen LogP contribution in [0.1, 0.15) is 10.7 Å². The number of sulfonamides is 1. The molecule has 0 bridgehead atoms. The average Bonchev–Trinajstić information content (AvgIpc) is 3.44. The van der Waals surface area contributed by atoms with Crippen molar-refractivity contribution in [3.63, 3.8) is 0 Å². The van der Waals surface area contributed by atoms with Gasteiger partial charge in [0.1, 0.15) is 16.5 Å². The monoisotopic (exact) mass is 527 g/mol. The van der Waals surface area contributed by atoms with Gasteiger partial charge in [-0.05, 0) is 31.2 Å². The highest BCUT2D eigenvalue weighted by Crippen LogP contribution is 2.35. The Bertz CT molecular complexity index is 1520. The topological polar surface area (TPSA) is 108 Å². The fourth-order valence-electron chi connectivity index (χ4n) is 4.90. The molecule has 1 aromatic carbocycles. The van der Waals surface area contributed by atoms with Crippen molar-refractivity contribution in [2.75, 3.05) is 63.6 Å². The molecule has 2 fully saturated rings. The first-order valence-electron chi connectivity index (χ1n) is 12.1. The Balaban J connectivity index is 1.34. The van der Waals surface area contributed by atoms with Crippen LogP contribution < -0.4 is 4.90 Å². The van der Waals surface area contributed by atoms with Crippen LogP contribution in [0.2, 0.25) is 0 Å². The molecule has 2 aliphatic heterocycles. The largest absolute Gasteiger partial charge is 0.378 e. The summed E-state index contributed by atoms with van der Waals surface area (Å²) in [7, 11) is -3.14. The van der Waals surface area contributed by atoms with Crippen molar-refractivity contribution >= 4 is 48.4 Å². The highest BCUT2D eigenvalue weighted by molar-refractivity contribution is 7.88. The molecular formula is C24H29N7O3S2.